The summed E-state index contributed by atoms with van der Waals surface area (Å²) in [4.78, 5) is 23.0. The van der Waals surface area contributed by atoms with E-state index in [0.29, 0.717) is 6.42 Å². The zero-order chi connectivity index (χ0) is 14.4. The molecule has 1 aromatic rings. The molecule has 0 bridgehead atoms. The molecule has 1 aromatic carbocycles. The van der Waals surface area contributed by atoms with Crippen LogP contribution in [0.2, 0.25) is 0 Å². The van der Waals surface area contributed by atoms with Gasteiger partial charge >= 0.3 is 0 Å². The summed E-state index contributed by atoms with van der Waals surface area (Å²) in [6.45, 7) is 1.63. The van der Waals surface area contributed by atoms with Crippen LogP contribution in [0.4, 0.5) is 10.1 Å². The van der Waals surface area contributed by atoms with E-state index in [1.807, 2.05) is 0 Å². The summed E-state index contributed by atoms with van der Waals surface area (Å²) in [5.74, 6) is -2.04. The van der Waals surface area contributed by atoms with E-state index in [9.17, 15) is 14.0 Å². The standard InChI is InChI=1S/C12H11Cl2FN2O2/c1-11(5-12(11,13)14)10(19)17-6-2-3-8(15)7(4-6)9(16)18/h2-4H,5H2,1H3,(H2,16,18)(H,17,19). The van der Waals surface area contributed by atoms with Gasteiger partial charge in [-0.1, -0.05) is 0 Å². The van der Waals surface area contributed by atoms with Crippen LogP contribution in [0.1, 0.15) is 23.7 Å². The molecular formula is C12H11Cl2FN2O2. The number of halogens is 3. The predicted octanol–water partition coefficient (Wildman–Crippen LogP) is 2.45. The first-order chi connectivity index (χ1) is 8.67. The van der Waals surface area contributed by atoms with Gasteiger partial charge in [0.1, 0.15) is 10.2 Å². The van der Waals surface area contributed by atoms with E-state index in [1.54, 1.807) is 6.92 Å². The first kappa shape index (κ1) is 14.1. The number of nitrogens with two attached hydrogens (primary N) is 1. The van der Waals surface area contributed by atoms with Gasteiger partial charge in [0.2, 0.25) is 5.91 Å². The Morgan fingerprint density at radius 1 is 1.42 bits per heavy atom. The molecule has 0 aliphatic heterocycles. The second-order valence-corrected chi connectivity index (χ2v) is 6.21. The van der Waals surface area contributed by atoms with Crippen LogP contribution >= 0.6 is 23.2 Å². The summed E-state index contributed by atoms with van der Waals surface area (Å²) in [7, 11) is 0. The van der Waals surface area contributed by atoms with Crippen LogP contribution in [-0.4, -0.2) is 16.1 Å². The van der Waals surface area contributed by atoms with Crippen molar-refractivity contribution in [3.05, 3.63) is 29.6 Å². The van der Waals surface area contributed by atoms with Crippen molar-refractivity contribution in [1.29, 1.82) is 0 Å². The highest BCUT2D eigenvalue weighted by Crippen LogP contribution is 2.64. The highest BCUT2D eigenvalue weighted by Gasteiger charge is 2.67. The third kappa shape index (κ3) is 2.40. The fourth-order valence-electron chi connectivity index (χ4n) is 1.71. The van der Waals surface area contributed by atoms with Crippen LogP contribution < -0.4 is 11.1 Å². The summed E-state index contributed by atoms with van der Waals surface area (Å²) >= 11 is 11.8. The van der Waals surface area contributed by atoms with Crippen molar-refractivity contribution in [2.24, 2.45) is 11.1 Å². The van der Waals surface area contributed by atoms with Crippen molar-refractivity contribution in [3.8, 4) is 0 Å². The fraction of sp³-hybridized carbons (Fsp3) is 0.333. The molecule has 0 radical (unpaired) electrons. The van der Waals surface area contributed by atoms with Gasteiger partial charge in [-0.2, -0.15) is 0 Å². The Morgan fingerprint density at radius 3 is 2.47 bits per heavy atom. The average Bonchev–Trinajstić information content (AvgIpc) is 2.82. The van der Waals surface area contributed by atoms with Crippen LogP contribution in [-0.2, 0) is 4.79 Å². The molecule has 4 nitrogen and oxygen atoms in total. The quantitative estimate of drug-likeness (QED) is 0.842. The van der Waals surface area contributed by atoms with E-state index in [2.05, 4.69) is 5.32 Å². The van der Waals surface area contributed by atoms with Gasteiger partial charge in [0.15, 0.2) is 0 Å². The zero-order valence-electron chi connectivity index (χ0n) is 9.97. The maximum Gasteiger partial charge on any atom is 0.251 e. The molecule has 1 unspecified atom stereocenters. The number of primary amides is 1. The molecule has 19 heavy (non-hydrogen) atoms. The molecule has 2 rings (SSSR count). The Balaban J connectivity index is 2.19. The summed E-state index contributed by atoms with van der Waals surface area (Å²) in [6.07, 6.45) is 0.332. The maximum atomic E-state index is 13.3. The molecule has 0 spiro atoms. The Labute approximate surface area is 119 Å². The molecule has 0 aromatic heterocycles. The van der Waals surface area contributed by atoms with Gasteiger partial charge in [-0.05, 0) is 31.5 Å². The molecule has 7 heteroatoms. The number of carbonyl (C=O) groups excluding carboxylic acids is 2. The minimum Gasteiger partial charge on any atom is -0.366 e. The van der Waals surface area contributed by atoms with Gasteiger partial charge in [-0.15, -0.1) is 23.2 Å². The van der Waals surface area contributed by atoms with E-state index in [-0.39, 0.29) is 17.2 Å². The van der Waals surface area contributed by atoms with Crippen molar-refractivity contribution < 1.29 is 14.0 Å². The second-order valence-electron chi connectivity index (χ2n) is 4.73. The predicted molar refractivity (Wildman–Crippen MR) is 70.7 cm³/mol. The summed E-state index contributed by atoms with van der Waals surface area (Å²) in [5, 5.41) is 2.54. The van der Waals surface area contributed by atoms with Gasteiger partial charge < -0.3 is 11.1 Å². The Morgan fingerprint density at radius 2 is 2.00 bits per heavy atom. The molecule has 0 saturated heterocycles. The molecule has 1 saturated carbocycles. The van der Waals surface area contributed by atoms with Gasteiger partial charge in [0.05, 0.1) is 11.0 Å². The van der Waals surface area contributed by atoms with Gasteiger partial charge in [0.25, 0.3) is 5.91 Å². The summed E-state index contributed by atoms with van der Waals surface area (Å²) in [5.41, 5.74) is 4.10. The van der Waals surface area contributed by atoms with Crippen molar-refractivity contribution in [3.63, 3.8) is 0 Å². The molecule has 2 amide bonds. The van der Waals surface area contributed by atoms with Crippen LogP contribution in [0.15, 0.2) is 18.2 Å². The monoisotopic (exact) mass is 304 g/mol. The smallest absolute Gasteiger partial charge is 0.251 e. The van der Waals surface area contributed by atoms with Crippen LogP contribution in [0.25, 0.3) is 0 Å². The van der Waals surface area contributed by atoms with Crippen molar-refractivity contribution >= 4 is 40.7 Å². The highest BCUT2D eigenvalue weighted by molar-refractivity contribution is 6.53. The Kier molecular flexibility index (Phi) is 3.23. The first-order valence-electron chi connectivity index (χ1n) is 5.46. The number of benzene rings is 1. The minimum absolute atomic E-state index is 0.262. The SMILES string of the molecule is CC1(C(=O)Nc2ccc(F)c(C(N)=O)c2)CC1(Cl)Cl. The van der Waals surface area contributed by atoms with E-state index >= 15 is 0 Å². The number of anilines is 1. The minimum atomic E-state index is -1.09. The van der Waals surface area contributed by atoms with Crippen molar-refractivity contribution in [2.45, 2.75) is 17.7 Å². The number of rotatable bonds is 3. The van der Waals surface area contributed by atoms with E-state index < -0.39 is 21.5 Å². The molecule has 3 N–H and O–H groups in total. The molecule has 1 aliphatic rings. The normalized spacial score (nSPS) is 23.8. The summed E-state index contributed by atoms with van der Waals surface area (Å²) < 4.78 is 12.2. The molecule has 1 fully saturated rings. The van der Waals surface area contributed by atoms with Crippen molar-refractivity contribution in [1.82, 2.24) is 0 Å². The number of alkyl halides is 2. The molecule has 1 atom stereocenters. The number of amides is 2. The second kappa shape index (κ2) is 4.35. The Hall–Kier alpha value is -1.33. The van der Waals surface area contributed by atoms with Crippen molar-refractivity contribution in [2.75, 3.05) is 5.32 Å². The lowest BCUT2D eigenvalue weighted by Crippen LogP contribution is -2.26. The lowest BCUT2D eigenvalue weighted by atomic mass is 10.1. The van der Waals surface area contributed by atoms with Gasteiger partial charge in [-0.3, -0.25) is 9.59 Å². The largest absolute Gasteiger partial charge is 0.366 e. The van der Waals surface area contributed by atoms with E-state index in [0.717, 1.165) is 6.07 Å². The first-order valence-corrected chi connectivity index (χ1v) is 6.21. The highest BCUT2D eigenvalue weighted by atomic mass is 35.5. The third-order valence-electron chi connectivity index (χ3n) is 3.25. The van der Waals surface area contributed by atoms with Crippen LogP contribution in [0, 0.1) is 11.2 Å². The Bertz CT molecular complexity index is 577. The number of nitrogens with one attached hydrogen (secondary N) is 1. The van der Waals surface area contributed by atoms with E-state index in [1.165, 1.54) is 12.1 Å². The van der Waals surface area contributed by atoms with Gasteiger partial charge in [-0.25, -0.2) is 4.39 Å². The van der Waals surface area contributed by atoms with Gasteiger partial charge in [0, 0.05) is 5.69 Å². The third-order valence-corrected chi connectivity index (χ3v) is 4.35. The zero-order valence-corrected chi connectivity index (χ0v) is 11.5. The summed E-state index contributed by atoms with van der Waals surface area (Å²) in [6, 6.07) is 3.56. The lowest BCUT2D eigenvalue weighted by Gasteiger charge is -2.13. The van der Waals surface area contributed by atoms with Crippen LogP contribution in [0.5, 0.6) is 0 Å². The lowest BCUT2D eigenvalue weighted by molar-refractivity contribution is -0.120. The number of carbonyl (C=O) groups is 2. The molecule has 0 heterocycles. The van der Waals surface area contributed by atoms with E-state index in [4.69, 9.17) is 28.9 Å². The number of hydrogen-bond acceptors (Lipinski definition) is 2. The fourth-order valence-corrected chi connectivity index (χ4v) is 2.41. The molecular weight excluding hydrogens is 294 g/mol. The average molecular weight is 305 g/mol. The maximum absolute atomic E-state index is 13.3. The van der Waals surface area contributed by atoms with Crippen LogP contribution in [0.3, 0.4) is 0 Å². The topological polar surface area (TPSA) is 72.2 Å². The molecule has 102 valence electrons. The number of hydrogen-bond donors (Lipinski definition) is 2. The molecule has 1 aliphatic carbocycles.